The van der Waals surface area contributed by atoms with Gasteiger partial charge in [-0.05, 0) is 24.8 Å². The van der Waals surface area contributed by atoms with Gasteiger partial charge in [0.25, 0.3) is 11.5 Å². The number of nitrogens with one attached hydrogen (secondary N) is 1. The zero-order chi connectivity index (χ0) is 20.0. The molecule has 1 saturated carbocycles. The van der Waals surface area contributed by atoms with Crippen molar-refractivity contribution in [3.05, 3.63) is 40.4 Å². The largest absolute Gasteiger partial charge is 0.494 e. The van der Waals surface area contributed by atoms with E-state index in [2.05, 4.69) is 15.4 Å². The minimum atomic E-state index is -0.659. The number of pyridine rings is 1. The van der Waals surface area contributed by atoms with E-state index in [0.717, 1.165) is 17.4 Å². The fraction of sp³-hybridized carbons (Fsp3) is 0.368. The van der Waals surface area contributed by atoms with Crippen LogP contribution in [-0.2, 0) is 6.54 Å². The summed E-state index contributed by atoms with van der Waals surface area (Å²) >= 11 is 0. The molecule has 1 fully saturated rings. The Morgan fingerprint density at radius 1 is 1.36 bits per heavy atom. The van der Waals surface area contributed by atoms with Crippen LogP contribution in [0.15, 0.2) is 29.3 Å². The molecule has 1 amide bonds. The molecule has 0 spiro atoms. The molecule has 1 aliphatic carbocycles. The highest BCUT2D eigenvalue weighted by molar-refractivity contribution is 5.96. The van der Waals surface area contributed by atoms with E-state index < -0.39 is 11.5 Å². The van der Waals surface area contributed by atoms with E-state index in [4.69, 9.17) is 5.73 Å². The molecule has 28 heavy (non-hydrogen) atoms. The molecule has 0 aliphatic heterocycles. The number of carbonyl (C=O) groups is 1. The number of carbonyl (C=O) groups excluding carboxylic acids is 1. The van der Waals surface area contributed by atoms with Crippen molar-refractivity contribution < 1.29 is 9.90 Å². The molecule has 3 aromatic heterocycles. The summed E-state index contributed by atoms with van der Waals surface area (Å²) in [6, 6.07) is 3.45. The van der Waals surface area contributed by atoms with Gasteiger partial charge in [0.2, 0.25) is 5.88 Å². The van der Waals surface area contributed by atoms with Crippen LogP contribution in [0.3, 0.4) is 0 Å². The number of nitrogens with zero attached hydrogens (tertiary/aromatic N) is 4. The zero-order valence-electron chi connectivity index (χ0n) is 15.7. The Balaban J connectivity index is 1.93. The summed E-state index contributed by atoms with van der Waals surface area (Å²) in [4.78, 5) is 29.6. The Kier molecular flexibility index (Phi) is 4.29. The maximum Gasteiger partial charge on any atom is 0.291 e. The van der Waals surface area contributed by atoms with Crippen LogP contribution in [-0.4, -0.2) is 36.2 Å². The second-order valence-electron chi connectivity index (χ2n) is 7.56. The summed E-state index contributed by atoms with van der Waals surface area (Å²) in [6.45, 7) is 4.38. The van der Waals surface area contributed by atoms with Gasteiger partial charge < -0.3 is 16.2 Å². The van der Waals surface area contributed by atoms with Gasteiger partial charge in [-0.15, -0.1) is 0 Å². The molecule has 0 unspecified atom stereocenters. The van der Waals surface area contributed by atoms with Gasteiger partial charge in [-0.2, -0.15) is 9.61 Å². The lowest BCUT2D eigenvalue weighted by molar-refractivity contribution is 0.0944. The van der Waals surface area contributed by atoms with Crippen LogP contribution in [0, 0.1) is 5.92 Å². The van der Waals surface area contributed by atoms with Gasteiger partial charge in [0.05, 0.1) is 11.4 Å². The Morgan fingerprint density at radius 3 is 2.75 bits per heavy atom. The van der Waals surface area contributed by atoms with Crippen molar-refractivity contribution in [2.75, 3.05) is 5.73 Å². The second-order valence-corrected chi connectivity index (χ2v) is 7.56. The summed E-state index contributed by atoms with van der Waals surface area (Å²) in [7, 11) is 0. The van der Waals surface area contributed by atoms with E-state index in [1.54, 1.807) is 22.9 Å². The predicted molar refractivity (Wildman–Crippen MR) is 104 cm³/mol. The van der Waals surface area contributed by atoms with Crippen LogP contribution in [0.25, 0.3) is 16.9 Å². The van der Waals surface area contributed by atoms with Gasteiger partial charge in [0, 0.05) is 36.6 Å². The fourth-order valence-corrected chi connectivity index (χ4v) is 3.13. The number of amides is 1. The summed E-state index contributed by atoms with van der Waals surface area (Å²) in [5.74, 6) is -0.752. The van der Waals surface area contributed by atoms with Crippen molar-refractivity contribution in [3.8, 4) is 17.1 Å². The van der Waals surface area contributed by atoms with Crippen molar-refractivity contribution in [2.24, 2.45) is 5.92 Å². The summed E-state index contributed by atoms with van der Waals surface area (Å²) < 4.78 is 2.70. The third kappa shape index (κ3) is 3.19. The number of rotatable bonds is 5. The second kappa shape index (κ2) is 6.66. The molecule has 9 nitrogen and oxygen atoms in total. The first-order valence-corrected chi connectivity index (χ1v) is 9.22. The van der Waals surface area contributed by atoms with Gasteiger partial charge in [-0.25, -0.2) is 0 Å². The molecular weight excluding hydrogens is 360 g/mol. The van der Waals surface area contributed by atoms with Gasteiger partial charge in [0.15, 0.2) is 5.56 Å². The average Bonchev–Trinajstić information content (AvgIpc) is 3.32. The summed E-state index contributed by atoms with van der Waals surface area (Å²) in [5.41, 5.74) is 6.84. The van der Waals surface area contributed by atoms with Crippen LogP contribution < -0.4 is 16.6 Å². The highest BCUT2D eigenvalue weighted by atomic mass is 16.3. The molecule has 3 heterocycles. The standard InChI is InChI=1S/C19H22N6O3/c1-10(2)9-24-15-6-14(11-5-12(20)8-21-7-11)23-25(15)19(28)16(18(24)27)17(26)22-13-3-4-13/h5-8,10,13,27H,3-4,9,20H2,1-2H3,(H,22,26). The maximum atomic E-state index is 13.0. The quantitative estimate of drug-likeness (QED) is 0.612. The first-order valence-electron chi connectivity index (χ1n) is 9.22. The Labute approximate surface area is 160 Å². The fourth-order valence-electron chi connectivity index (χ4n) is 3.13. The van der Waals surface area contributed by atoms with Crippen molar-refractivity contribution in [2.45, 2.75) is 39.3 Å². The molecular formula is C19H22N6O3. The molecule has 9 heteroatoms. The van der Waals surface area contributed by atoms with Gasteiger partial charge >= 0.3 is 0 Å². The average molecular weight is 382 g/mol. The van der Waals surface area contributed by atoms with Crippen molar-refractivity contribution in [3.63, 3.8) is 0 Å². The summed E-state index contributed by atoms with van der Waals surface area (Å²) in [5, 5.41) is 17.9. The lowest BCUT2D eigenvalue weighted by atomic mass is 10.2. The van der Waals surface area contributed by atoms with Crippen molar-refractivity contribution in [1.82, 2.24) is 24.5 Å². The van der Waals surface area contributed by atoms with Gasteiger partial charge in [-0.3, -0.25) is 19.1 Å². The van der Waals surface area contributed by atoms with Crippen LogP contribution in [0.4, 0.5) is 5.69 Å². The monoisotopic (exact) mass is 382 g/mol. The molecule has 146 valence electrons. The van der Waals surface area contributed by atoms with E-state index >= 15 is 0 Å². The normalized spacial score (nSPS) is 14.0. The molecule has 0 bridgehead atoms. The van der Waals surface area contributed by atoms with Gasteiger partial charge in [-0.1, -0.05) is 13.8 Å². The number of anilines is 1. The van der Waals surface area contributed by atoms with E-state index in [1.807, 2.05) is 13.8 Å². The van der Waals surface area contributed by atoms with Crippen LogP contribution in [0.2, 0.25) is 0 Å². The van der Waals surface area contributed by atoms with Gasteiger partial charge in [0.1, 0.15) is 5.65 Å². The molecule has 0 atom stereocenters. The number of aromatic hydroxyl groups is 1. The van der Waals surface area contributed by atoms with E-state index in [1.165, 1.54) is 6.20 Å². The smallest absolute Gasteiger partial charge is 0.291 e. The Bertz CT molecular complexity index is 1130. The minimum absolute atomic E-state index is 0.0621. The van der Waals surface area contributed by atoms with E-state index in [-0.39, 0.29) is 23.4 Å². The molecule has 0 saturated heterocycles. The highest BCUT2D eigenvalue weighted by Gasteiger charge is 2.29. The third-order valence-electron chi connectivity index (χ3n) is 4.60. The molecule has 0 aromatic carbocycles. The highest BCUT2D eigenvalue weighted by Crippen LogP contribution is 2.25. The number of nitrogens with two attached hydrogens (primary N) is 1. The Hall–Kier alpha value is -3.36. The van der Waals surface area contributed by atoms with Crippen molar-refractivity contribution >= 4 is 17.2 Å². The number of nitrogen functional groups attached to an aromatic ring is 1. The van der Waals surface area contributed by atoms with Crippen molar-refractivity contribution in [1.29, 1.82) is 0 Å². The predicted octanol–water partition coefficient (Wildman–Crippen LogP) is 1.39. The molecule has 1 aliphatic rings. The lowest BCUT2D eigenvalue weighted by Crippen LogP contribution is -2.34. The number of hydrogen-bond donors (Lipinski definition) is 3. The molecule has 0 radical (unpaired) electrons. The first kappa shape index (κ1) is 18.0. The summed E-state index contributed by atoms with van der Waals surface area (Å²) in [6.07, 6.45) is 4.87. The number of aromatic nitrogens is 4. The minimum Gasteiger partial charge on any atom is -0.494 e. The van der Waals surface area contributed by atoms with Crippen LogP contribution >= 0.6 is 0 Å². The van der Waals surface area contributed by atoms with E-state index in [0.29, 0.717) is 29.1 Å². The van der Waals surface area contributed by atoms with Crippen LogP contribution in [0.5, 0.6) is 5.88 Å². The lowest BCUT2D eigenvalue weighted by Gasteiger charge is -2.16. The van der Waals surface area contributed by atoms with Crippen LogP contribution in [0.1, 0.15) is 37.0 Å². The number of fused-ring (bicyclic) bond motifs is 1. The zero-order valence-corrected chi connectivity index (χ0v) is 15.7. The first-order chi connectivity index (χ1) is 13.3. The third-order valence-corrected chi connectivity index (χ3v) is 4.60. The SMILES string of the molecule is CC(C)Cn1c(O)c(C(=O)NC2CC2)c(=O)n2nc(-c3cncc(N)c3)cc12. The maximum absolute atomic E-state index is 13.0. The molecule has 4 rings (SSSR count). The number of hydrogen-bond acceptors (Lipinski definition) is 6. The topological polar surface area (TPSA) is 128 Å². The Morgan fingerprint density at radius 2 is 2.11 bits per heavy atom. The molecule has 4 N–H and O–H groups in total. The van der Waals surface area contributed by atoms with E-state index in [9.17, 15) is 14.7 Å². The molecule has 3 aromatic rings.